The van der Waals surface area contributed by atoms with Gasteiger partial charge in [0.05, 0.1) is 36.4 Å². The lowest BCUT2D eigenvalue weighted by molar-refractivity contribution is -0.125. The van der Waals surface area contributed by atoms with Crippen molar-refractivity contribution in [1.29, 1.82) is 0 Å². The molecule has 5 rings (SSSR count). The van der Waals surface area contributed by atoms with Crippen LogP contribution in [0.5, 0.6) is 5.75 Å². The Kier molecular flexibility index (Phi) is 7.99. The van der Waals surface area contributed by atoms with Crippen molar-refractivity contribution < 1.29 is 23.5 Å². The highest BCUT2D eigenvalue weighted by Gasteiger charge is 2.41. The molecule has 1 unspecified atom stereocenters. The van der Waals surface area contributed by atoms with Gasteiger partial charge in [-0.15, -0.1) is 0 Å². The number of carbonyl (C=O) groups is 3. The largest absolute Gasteiger partial charge is 0.495 e. The van der Waals surface area contributed by atoms with E-state index < -0.39 is 6.04 Å². The molecule has 1 atom stereocenters. The number of aliphatic imine (C=N–C) groups is 2. The third-order valence-electron chi connectivity index (χ3n) is 6.00. The van der Waals surface area contributed by atoms with Crippen LogP contribution in [0.25, 0.3) is 0 Å². The average Bonchev–Trinajstić information content (AvgIpc) is 3.58. The molecule has 3 amide bonds. The number of nitrogens with one attached hydrogen (secondary N) is 2. The van der Waals surface area contributed by atoms with Gasteiger partial charge in [0.2, 0.25) is 11.8 Å². The molecule has 3 aromatic rings. The number of fused-ring (bicyclic) bond motifs is 3. The van der Waals surface area contributed by atoms with Gasteiger partial charge in [-0.1, -0.05) is 35.5 Å². The summed E-state index contributed by atoms with van der Waals surface area (Å²) < 4.78 is 10.4. The van der Waals surface area contributed by atoms with Crippen LogP contribution < -0.4 is 15.4 Å². The number of halogens is 1. The Morgan fingerprint density at radius 1 is 1.15 bits per heavy atom. The lowest BCUT2D eigenvalue weighted by Gasteiger charge is -2.25. The van der Waals surface area contributed by atoms with Gasteiger partial charge >= 0.3 is 0 Å². The fourth-order valence-electron chi connectivity index (χ4n) is 4.11. The third kappa shape index (κ3) is 5.99. The maximum Gasteiger partial charge on any atom is 0.259 e. The van der Waals surface area contributed by atoms with E-state index in [1.165, 1.54) is 18.3 Å². The van der Waals surface area contributed by atoms with Crippen LogP contribution in [0.3, 0.4) is 0 Å². The molecule has 12 heteroatoms. The van der Waals surface area contributed by atoms with Gasteiger partial charge in [-0.2, -0.15) is 0 Å². The fraction of sp³-hybridized carbons (Fsp3) is 0.222. The molecular formula is C27H24ClN5O5S. The lowest BCUT2D eigenvalue weighted by Crippen LogP contribution is -2.41. The highest BCUT2D eigenvalue weighted by atomic mass is 35.5. The summed E-state index contributed by atoms with van der Waals surface area (Å²) in [5, 5.41) is 6.29. The number of nitrogens with zero attached hydrogens (tertiary/aromatic N) is 3. The minimum atomic E-state index is -0.735. The van der Waals surface area contributed by atoms with Gasteiger partial charge in [0.25, 0.3) is 5.91 Å². The number of ether oxygens (including phenoxy) is 1. The Morgan fingerprint density at radius 2 is 2.00 bits per heavy atom. The maximum atomic E-state index is 13.4. The Labute approximate surface area is 233 Å². The molecule has 10 nitrogen and oxygen atoms in total. The van der Waals surface area contributed by atoms with E-state index in [0.29, 0.717) is 38.9 Å². The van der Waals surface area contributed by atoms with Gasteiger partial charge in [-0.3, -0.25) is 19.4 Å². The standard InChI is InChI=1S/C27H24ClN5O5S/c1-37-22-10-8-16(13-19(22)28)30-24(35)15-39-27-32-20-7-3-2-6-18(20)25-31-21(26(36)33(25)27)9-11-23(34)29-14-17-5-4-12-38-17/h2-8,10,12-13,21H,9,11,14-15H2,1H3,(H,29,34)(H,30,35). The van der Waals surface area contributed by atoms with Crippen LogP contribution in [-0.4, -0.2) is 52.5 Å². The number of rotatable bonds is 9. The molecule has 2 N–H and O–H groups in total. The molecule has 200 valence electrons. The number of thioether (sulfide) groups is 1. The Bertz CT molecular complexity index is 1470. The Balaban J connectivity index is 1.24. The maximum absolute atomic E-state index is 13.4. The molecule has 0 bridgehead atoms. The van der Waals surface area contributed by atoms with E-state index in [0.717, 1.165) is 17.3 Å². The van der Waals surface area contributed by atoms with E-state index in [9.17, 15) is 14.4 Å². The predicted molar refractivity (Wildman–Crippen MR) is 150 cm³/mol. The van der Waals surface area contributed by atoms with Crippen LogP contribution in [0.4, 0.5) is 11.4 Å². The number of anilines is 1. The number of para-hydroxylation sites is 1. The summed E-state index contributed by atoms with van der Waals surface area (Å²) in [7, 11) is 1.51. The quantitative estimate of drug-likeness (QED) is 0.397. The van der Waals surface area contributed by atoms with Crippen molar-refractivity contribution in [3.05, 3.63) is 77.2 Å². The van der Waals surface area contributed by atoms with Crippen LogP contribution in [0.2, 0.25) is 5.02 Å². The zero-order chi connectivity index (χ0) is 27.4. The molecule has 39 heavy (non-hydrogen) atoms. The first kappa shape index (κ1) is 26.5. The number of benzene rings is 2. The molecule has 0 fully saturated rings. The molecule has 2 aliphatic rings. The molecule has 0 saturated heterocycles. The van der Waals surface area contributed by atoms with Crippen LogP contribution in [0.1, 0.15) is 24.2 Å². The normalized spacial score (nSPS) is 15.7. The Morgan fingerprint density at radius 3 is 2.77 bits per heavy atom. The number of methoxy groups -OCH3 is 1. The predicted octanol–water partition coefficient (Wildman–Crippen LogP) is 4.37. The molecule has 0 radical (unpaired) electrons. The van der Waals surface area contributed by atoms with Crippen LogP contribution in [0, 0.1) is 0 Å². The van der Waals surface area contributed by atoms with Crippen molar-refractivity contribution in [3.8, 4) is 5.75 Å². The van der Waals surface area contributed by atoms with Gasteiger partial charge < -0.3 is 19.8 Å². The van der Waals surface area contributed by atoms with Gasteiger partial charge in [-0.25, -0.2) is 9.89 Å². The number of amidine groups is 2. The van der Waals surface area contributed by atoms with Gasteiger partial charge in [0, 0.05) is 17.7 Å². The number of amides is 3. The summed E-state index contributed by atoms with van der Waals surface area (Å²) >= 11 is 7.28. The number of carbonyl (C=O) groups excluding carboxylic acids is 3. The Hall–Kier alpha value is -4.09. The highest BCUT2D eigenvalue weighted by Crippen LogP contribution is 2.34. The minimum absolute atomic E-state index is 0.00155. The molecular weight excluding hydrogens is 542 g/mol. The molecule has 0 saturated carbocycles. The molecule has 2 aliphatic heterocycles. The van der Waals surface area contributed by atoms with E-state index in [-0.39, 0.29) is 42.9 Å². The SMILES string of the molecule is COc1ccc(NC(=O)CSC2=Nc3ccccc3C3=NC(CCC(=O)NCc4ccco4)C(=O)N23)cc1Cl. The van der Waals surface area contributed by atoms with Crippen LogP contribution in [-0.2, 0) is 20.9 Å². The van der Waals surface area contributed by atoms with E-state index in [2.05, 4.69) is 20.6 Å². The average molecular weight is 566 g/mol. The van der Waals surface area contributed by atoms with Crippen molar-refractivity contribution in [2.75, 3.05) is 18.2 Å². The third-order valence-corrected chi connectivity index (χ3v) is 7.23. The summed E-state index contributed by atoms with van der Waals surface area (Å²) in [5.74, 6) is 0.834. The van der Waals surface area contributed by atoms with E-state index in [4.69, 9.17) is 20.8 Å². The second kappa shape index (κ2) is 11.7. The first-order chi connectivity index (χ1) is 18.9. The number of hydrogen-bond acceptors (Lipinski definition) is 8. The number of hydrogen-bond donors (Lipinski definition) is 2. The van der Waals surface area contributed by atoms with Crippen molar-refractivity contribution in [3.63, 3.8) is 0 Å². The summed E-state index contributed by atoms with van der Waals surface area (Å²) in [6, 6.07) is 15.1. The van der Waals surface area contributed by atoms with Crippen molar-refractivity contribution in [2.45, 2.75) is 25.4 Å². The second-order valence-corrected chi connectivity index (χ2v) is 9.98. The number of furan rings is 1. The molecule has 1 aromatic heterocycles. The van der Waals surface area contributed by atoms with E-state index in [1.54, 1.807) is 30.3 Å². The zero-order valence-corrected chi connectivity index (χ0v) is 22.4. The van der Waals surface area contributed by atoms with Gasteiger partial charge in [0.1, 0.15) is 23.4 Å². The van der Waals surface area contributed by atoms with Crippen LogP contribution >= 0.6 is 23.4 Å². The summed E-state index contributed by atoms with van der Waals surface area (Å²) in [5.41, 5.74) is 1.89. The van der Waals surface area contributed by atoms with Crippen molar-refractivity contribution >= 4 is 63.5 Å². The summed E-state index contributed by atoms with van der Waals surface area (Å²) in [6.45, 7) is 0.275. The first-order valence-corrected chi connectivity index (χ1v) is 13.4. The monoisotopic (exact) mass is 565 g/mol. The zero-order valence-electron chi connectivity index (χ0n) is 20.8. The molecule has 0 spiro atoms. The van der Waals surface area contributed by atoms with Crippen molar-refractivity contribution in [2.24, 2.45) is 9.98 Å². The molecule has 0 aliphatic carbocycles. The molecule has 2 aromatic carbocycles. The second-order valence-electron chi connectivity index (χ2n) is 8.63. The summed E-state index contributed by atoms with van der Waals surface area (Å²) in [6.07, 6.45) is 1.90. The fourth-order valence-corrected chi connectivity index (χ4v) is 5.17. The minimum Gasteiger partial charge on any atom is -0.495 e. The summed E-state index contributed by atoms with van der Waals surface area (Å²) in [4.78, 5) is 49.2. The van der Waals surface area contributed by atoms with E-state index >= 15 is 0 Å². The topological polar surface area (TPSA) is 126 Å². The van der Waals surface area contributed by atoms with Crippen molar-refractivity contribution in [1.82, 2.24) is 10.2 Å². The highest BCUT2D eigenvalue weighted by molar-refractivity contribution is 8.14. The van der Waals surface area contributed by atoms with Gasteiger partial charge in [0.15, 0.2) is 5.17 Å². The van der Waals surface area contributed by atoms with Gasteiger partial charge in [-0.05, 0) is 48.9 Å². The lowest BCUT2D eigenvalue weighted by atomic mass is 10.1. The van der Waals surface area contributed by atoms with E-state index in [1.807, 2.05) is 24.3 Å². The smallest absolute Gasteiger partial charge is 0.259 e. The molecule has 3 heterocycles. The van der Waals surface area contributed by atoms with Crippen LogP contribution in [0.15, 0.2) is 75.3 Å². The first-order valence-electron chi connectivity index (χ1n) is 12.1.